The Morgan fingerprint density at radius 3 is 2.60 bits per heavy atom. The molecular weight excluding hydrogens is 444 g/mol. The fourth-order valence-electron chi connectivity index (χ4n) is 4.45. The van der Waals surface area contributed by atoms with Crippen molar-refractivity contribution >= 4 is 23.3 Å². The van der Waals surface area contributed by atoms with Crippen LogP contribution in [0.3, 0.4) is 0 Å². The number of aromatic nitrogens is 5. The lowest BCUT2D eigenvalue weighted by atomic mass is 9.82. The number of nitrogens with zero attached hydrogens (tertiary/aromatic N) is 5. The van der Waals surface area contributed by atoms with Crippen molar-refractivity contribution in [2.24, 2.45) is 11.8 Å². The maximum Gasteiger partial charge on any atom is 0.343 e. The van der Waals surface area contributed by atoms with Crippen LogP contribution >= 0.6 is 0 Å². The van der Waals surface area contributed by atoms with Crippen LogP contribution < -0.4 is 5.32 Å². The minimum absolute atomic E-state index is 0.0643. The summed E-state index contributed by atoms with van der Waals surface area (Å²) in [6.45, 7) is 4.20. The van der Waals surface area contributed by atoms with E-state index in [1.807, 2.05) is 42.6 Å². The summed E-state index contributed by atoms with van der Waals surface area (Å²) < 4.78 is 8.51. The lowest BCUT2D eigenvalue weighted by molar-refractivity contribution is -0.121. The number of benzene rings is 1. The van der Waals surface area contributed by atoms with E-state index in [-0.39, 0.29) is 29.8 Å². The molecule has 5 rings (SSSR count). The van der Waals surface area contributed by atoms with Gasteiger partial charge in [-0.2, -0.15) is 5.10 Å². The Hall–Kier alpha value is -4.01. The first-order valence-corrected chi connectivity index (χ1v) is 12.0. The van der Waals surface area contributed by atoms with Crippen LogP contribution in [0.15, 0.2) is 55.0 Å². The second kappa shape index (κ2) is 9.69. The standard InChI is InChI=1S/C26H28N6O3/c1-3-35-26(34)21-16-32(30-24(21)28-25(33)19-7-5-17(2)6-8-19)20-11-9-18(10-12-20)22-15-23-27-13-4-14-31(23)29-22/h4,9-17,19H,3,5-8H2,1-2H3,(H,28,30,33)/t17-,19-. The third kappa shape index (κ3) is 4.80. The highest BCUT2D eigenvalue weighted by Crippen LogP contribution is 2.30. The number of fused-ring (bicyclic) bond motifs is 1. The quantitative estimate of drug-likeness (QED) is 0.414. The van der Waals surface area contributed by atoms with Crippen LogP contribution in [-0.4, -0.2) is 42.9 Å². The Morgan fingerprint density at radius 1 is 1.11 bits per heavy atom. The predicted molar refractivity (Wildman–Crippen MR) is 131 cm³/mol. The van der Waals surface area contributed by atoms with Crippen LogP contribution in [-0.2, 0) is 9.53 Å². The lowest BCUT2D eigenvalue weighted by Crippen LogP contribution is -2.27. The fraction of sp³-hybridized carbons (Fsp3) is 0.346. The van der Waals surface area contributed by atoms with E-state index in [4.69, 9.17) is 4.74 Å². The molecule has 1 aliphatic rings. The molecule has 35 heavy (non-hydrogen) atoms. The van der Waals surface area contributed by atoms with Crippen LogP contribution in [0.25, 0.3) is 22.6 Å². The number of carbonyl (C=O) groups is 2. The van der Waals surface area contributed by atoms with Gasteiger partial charge in [-0.3, -0.25) is 4.79 Å². The van der Waals surface area contributed by atoms with E-state index < -0.39 is 5.97 Å². The average Bonchev–Trinajstić information content (AvgIpc) is 3.49. The van der Waals surface area contributed by atoms with Crippen LogP contribution in [0.2, 0.25) is 0 Å². The van der Waals surface area contributed by atoms with Gasteiger partial charge in [-0.1, -0.05) is 19.1 Å². The average molecular weight is 473 g/mol. The Morgan fingerprint density at radius 2 is 1.89 bits per heavy atom. The molecule has 180 valence electrons. The Bertz CT molecular complexity index is 1320. The van der Waals surface area contributed by atoms with Gasteiger partial charge in [-0.15, -0.1) is 5.10 Å². The van der Waals surface area contributed by atoms with Gasteiger partial charge >= 0.3 is 5.97 Å². The number of rotatable bonds is 6. The summed E-state index contributed by atoms with van der Waals surface area (Å²) in [5.41, 5.74) is 3.48. The van der Waals surface area contributed by atoms with Gasteiger partial charge in [-0.25, -0.2) is 19.0 Å². The highest BCUT2D eigenvalue weighted by Gasteiger charge is 2.27. The highest BCUT2D eigenvalue weighted by molar-refractivity contribution is 6.00. The lowest BCUT2D eigenvalue weighted by Gasteiger charge is -2.24. The van der Waals surface area contributed by atoms with Crippen LogP contribution in [0.4, 0.5) is 5.82 Å². The molecule has 3 aromatic heterocycles. The zero-order chi connectivity index (χ0) is 24.4. The van der Waals surface area contributed by atoms with Crippen molar-refractivity contribution in [3.05, 3.63) is 60.6 Å². The predicted octanol–water partition coefficient (Wildman–Crippen LogP) is 4.52. The van der Waals surface area contributed by atoms with Gasteiger partial charge in [0.1, 0.15) is 5.56 Å². The highest BCUT2D eigenvalue weighted by atomic mass is 16.5. The smallest absolute Gasteiger partial charge is 0.343 e. The van der Waals surface area contributed by atoms with E-state index in [1.54, 1.807) is 28.5 Å². The maximum absolute atomic E-state index is 12.9. The molecule has 0 atom stereocenters. The summed E-state index contributed by atoms with van der Waals surface area (Å²) in [5, 5.41) is 12.0. The number of nitrogens with one attached hydrogen (secondary N) is 1. The molecule has 4 aromatic rings. The Labute approximate surface area is 203 Å². The first-order chi connectivity index (χ1) is 17.0. The van der Waals surface area contributed by atoms with E-state index in [2.05, 4.69) is 27.4 Å². The number of amides is 1. The van der Waals surface area contributed by atoms with Gasteiger partial charge in [0.15, 0.2) is 11.5 Å². The number of carbonyl (C=O) groups excluding carboxylic acids is 2. The molecule has 0 bridgehead atoms. The van der Waals surface area contributed by atoms with Crippen molar-refractivity contribution in [3.8, 4) is 16.9 Å². The zero-order valence-electron chi connectivity index (χ0n) is 19.8. The molecule has 0 aliphatic heterocycles. The van der Waals surface area contributed by atoms with E-state index in [0.29, 0.717) is 5.92 Å². The molecule has 3 heterocycles. The first kappa shape index (κ1) is 22.8. The number of anilines is 1. The second-order valence-corrected chi connectivity index (χ2v) is 9.00. The van der Waals surface area contributed by atoms with Crippen molar-refractivity contribution in [2.75, 3.05) is 11.9 Å². The maximum atomic E-state index is 12.9. The van der Waals surface area contributed by atoms with Crippen molar-refractivity contribution in [3.63, 3.8) is 0 Å². The first-order valence-electron chi connectivity index (χ1n) is 12.0. The van der Waals surface area contributed by atoms with E-state index >= 15 is 0 Å². The van der Waals surface area contributed by atoms with Crippen molar-refractivity contribution in [2.45, 2.75) is 39.5 Å². The third-order valence-electron chi connectivity index (χ3n) is 6.50. The largest absolute Gasteiger partial charge is 0.462 e. The summed E-state index contributed by atoms with van der Waals surface area (Å²) in [7, 11) is 0. The summed E-state index contributed by atoms with van der Waals surface area (Å²) in [6, 6.07) is 11.4. The van der Waals surface area contributed by atoms with E-state index in [9.17, 15) is 9.59 Å². The molecule has 1 N–H and O–H groups in total. The van der Waals surface area contributed by atoms with Crippen LogP contribution in [0.5, 0.6) is 0 Å². The molecule has 9 nitrogen and oxygen atoms in total. The molecule has 9 heteroatoms. The van der Waals surface area contributed by atoms with Crippen LogP contribution in [0, 0.1) is 11.8 Å². The van der Waals surface area contributed by atoms with Crippen molar-refractivity contribution < 1.29 is 14.3 Å². The summed E-state index contributed by atoms with van der Waals surface area (Å²) >= 11 is 0. The number of esters is 1. The second-order valence-electron chi connectivity index (χ2n) is 9.00. The van der Waals surface area contributed by atoms with Gasteiger partial charge in [0.2, 0.25) is 5.91 Å². The molecule has 1 aromatic carbocycles. The minimum atomic E-state index is -0.514. The van der Waals surface area contributed by atoms with E-state index in [0.717, 1.165) is 48.3 Å². The molecule has 1 saturated carbocycles. The van der Waals surface area contributed by atoms with Crippen molar-refractivity contribution in [1.82, 2.24) is 24.4 Å². The molecule has 0 unspecified atom stereocenters. The van der Waals surface area contributed by atoms with Gasteiger partial charge < -0.3 is 10.1 Å². The van der Waals surface area contributed by atoms with Gasteiger partial charge in [0.05, 0.1) is 18.0 Å². The molecule has 0 radical (unpaired) electrons. The monoisotopic (exact) mass is 472 g/mol. The van der Waals surface area contributed by atoms with Gasteiger partial charge in [0.25, 0.3) is 0 Å². The van der Waals surface area contributed by atoms with Gasteiger partial charge in [0, 0.05) is 36.1 Å². The Kier molecular flexibility index (Phi) is 6.31. The molecular formula is C26H28N6O3. The fourth-order valence-corrected chi connectivity index (χ4v) is 4.45. The zero-order valence-corrected chi connectivity index (χ0v) is 19.8. The van der Waals surface area contributed by atoms with Gasteiger partial charge in [-0.05, 0) is 56.7 Å². The molecule has 0 spiro atoms. The number of hydrogen-bond donors (Lipinski definition) is 1. The Balaban J connectivity index is 1.40. The molecule has 0 saturated heterocycles. The summed E-state index contributed by atoms with van der Waals surface area (Å²) in [5.74, 6) is 0.199. The summed E-state index contributed by atoms with van der Waals surface area (Å²) in [6.07, 6.45) is 8.95. The van der Waals surface area contributed by atoms with Crippen LogP contribution in [0.1, 0.15) is 49.9 Å². The molecule has 1 aliphatic carbocycles. The number of hydrogen-bond acceptors (Lipinski definition) is 6. The number of ether oxygens (including phenoxy) is 1. The molecule has 1 amide bonds. The summed E-state index contributed by atoms with van der Waals surface area (Å²) in [4.78, 5) is 29.8. The topological polar surface area (TPSA) is 103 Å². The SMILES string of the molecule is CCOC(=O)c1cn(-c2ccc(-c3cc4ncccn4n3)cc2)nc1NC(=O)[C@H]1CC[C@H](C)CC1. The normalized spacial score (nSPS) is 17.9. The van der Waals surface area contributed by atoms with Crippen molar-refractivity contribution in [1.29, 1.82) is 0 Å². The molecule has 1 fully saturated rings. The van der Waals surface area contributed by atoms with E-state index in [1.165, 1.54) is 0 Å². The third-order valence-corrected chi connectivity index (χ3v) is 6.50. The minimum Gasteiger partial charge on any atom is -0.462 e.